The Balaban J connectivity index is 2.56. The quantitative estimate of drug-likeness (QED) is 0.905. The van der Waals surface area contributed by atoms with Crippen LogP contribution in [0.5, 0.6) is 0 Å². The Morgan fingerprint density at radius 2 is 2.20 bits per heavy atom. The molecule has 0 aliphatic carbocycles. The van der Waals surface area contributed by atoms with Gasteiger partial charge in [0.05, 0.1) is 11.3 Å². The fourth-order valence-corrected chi connectivity index (χ4v) is 2.24. The molecule has 0 saturated heterocycles. The van der Waals surface area contributed by atoms with Crippen molar-refractivity contribution in [1.29, 1.82) is 0 Å². The van der Waals surface area contributed by atoms with Gasteiger partial charge in [0.1, 0.15) is 12.4 Å². The molecule has 1 N–H and O–H groups in total. The molecule has 106 valence electrons. The van der Waals surface area contributed by atoms with Gasteiger partial charge in [-0.1, -0.05) is 15.9 Å². The van der Waals surface area contributed by atoms with Crippen LogP contribution in [0.1, 0.15) is 28.9 Å². The predicted octanol–water partition coefficient (Wildman–Crippen LogP) is 2.57. The Morgan fingerprint density at radius 1 is 1.45 bits per heavy atom. The topological polar surface area (TPSA) is 77.2 Å². The van der Waals surface area contributed by atoms with Crippen LogP contribution in [0.4, 0.5) is 0 Å². The zero-order valence-corrected chi connectivity index (χ0v) is 12.7. The van der Waals surface area contributed by atoms with Crippen molar-refractivity contribution < 1.29 is 14.6 Å². The molecule has 0 bridgehead atoms. The van der Waals surface area contributed by atoms with Crippen LogP contribution in [0.2, 0.25) is 0 Å². The minimum atomic E-state index is -1.00. The number of hydrogen-bond donors (Lipinski definition) is 1. The highest BCUT2D eigenvalue weighted by Crippen LogP contribution is 2.22. The maximum Gasteiger partial charge on any atom is 0.337 e. The van der Waals surface area contributed by atoms with Crippen molar-refractivity contribution >= 4 is 21.9 Å². The van der Waals surface area contributed by atoms with E-state index in [1.807, 2.05) is 6.92 Å². The zero-order chi connectivity index (χ0) is 14.7. The Bertz CT molecular complexity index is 640. The van der Waals surface area contributed by atoms with Crippen LogP contribution in [-0.4, -0.2) is 32.4 Å². The van der Waals surface area contributed by atoms with E-state index < -0.39 is 5.97 Å². The zero-order valence-electron chi connectivity index (χ0n) is 11.1. The lowest BCUT2D eigenvalue weighted by Gasteiger charge is -2.12. The van der Waals surface area contributed by atoms with Gasteiger partial charge in [-0.2, -0.15) is 0 Å². The van der Waals surface area contributed by atoms with Crippen molar-refractivity contribution in [2.45, 2.75) is 20.5 Å². The van der Waals surface area contributed by atoms with Crippen LogP contribution < -0.4 is 0 Å². The average Bonchev–Trinajstić information content (AvgIpc) is 2.77. The first kappa shape index (κ1) is 14.7. The summed E-state index contributed by atoms with van der Waals surface area (Å²) < 4.78 is 7.74. The smallest absolute Gasteiger partial charge is 0.337 e. The summed E-state index contributed by atoms with van der Waals surface area (Å²) in [5, 5.41) is 17.4. The van der Waals surface area contributed by atoms with Crippen LogP contribution in [0.15, 0.2) is 22.7 Å². The molecule has 20 heavy (non-hydrogen) atoms. The van der Waals surface area contributed by atoms with Gasteiger partial charge in [0, 0.05) is 11.1 Å². The van der Waals surface area contributed by atoms with Gasteiger partial charge < -0.3 is 9.84 Å². The molecule has 7 heteroatoms. The molecule has 0 aliphatic heterocycles. The standard InChI is InChI=1S/C13H14BrN3O3/c1-3-20-7-12-16-15-8(2)17(12)11-5-4-9(14)6-10(11)13(18)19/h4-6H,3,7H2,1-2H3,(H,18,19). The molecule has 0 saturated carbocycles. The molecule has 2 aromatic rings. The number of rotatable bonds is 5. The molecule has 0 atom stereocenters. The summed E-state index contributed by atoms with van der Waals surface area (Å²) in [6, 6.07) is 5.06. The maximum atomic E-state index is 11.4. The molecule has 2 rings (SSSR count). The van der Waals surface area contributed by atoms with E-state index in [1.165, 1.54) is 0 Å². The number of nitrogens with zero attached hydrogens (tertiary/aromatic N) is 3. The number of aryl methyl sites for hydroxylation is 1. The second-order valence-electron chi connectivity index (χ2n) is 4.10. The molecule has 6 nitrogen and oxygen atoms in total. The number of carboxylic acid groups (broad SMARTS) is 1. The molecule has 1 aromatic carbocycles. The van der Waals surface area contributed by atoms with Crippen LogP contribution >= 0.6 is 15.9 Å². The van der Waals surface area contributed by atoms with Crippen molar-refractivity contribution in [1.82, 2.24) is 14.8 Å². The number of carbonyl (C=O) groups is 1. The van der Waals surface area contributed by atoms with E-state index in [-0.39, 0.29) is 12.2 Å². The van der Waals surface area contributed by atoms with Gasteiger partial charge in [0.2, 0.25) is 0 Å². The first-order chi connectivity index (χ1) is 9.54. The lowest BCUT2D eigenvalue weighted by Crippen LogP contribution is -2.10. The van der Waals surface area contributed by atoms with E-state index in [9.17, 15) is 9.90 Å². The average molecular weight is 340 g/mol. The van der Waals surface area contributed by atoms with Gasteiger partial charge in [0.25, 0.3) is 0 Å². The number of aromatic carboxylic acids is 1. The molecule has 1 heterocycles. The highest BCUT2D eigenvalue weighted by Gasteiger charge is 2.17. The minimum absolute atomic E-state index is 0.181. The highest BCUT2D eigenvalue weighted by atomic mass is 79.9. The molecule has 0 radical (unpaired) electrons. The van der Waals surface area contributed by atoms with E-state index in [2.05, 4.69) is 26.1 Å². The summed E-state index contributed by atoms with van der Waals surface area (Å²) >= 11 is 3.28. The van der Waals surface area contributed by atoms with Gasteiger partial charge in [-0.25, -0.2) is 4.79 Å². The number of benzene rings is 1. The van der Waals surface area contributed by atoms with Crippen molar-refractivity contribution in [2.75, 3.05) is 6.61 Å². The van der Waals surface area contributed by atoms with Crippen molar-refractivity contribution in [3.05, 3.63) is 39.9 Å². The normalized spacial score (nSPS) is 10.8. The van der Waals surface area contributed by atoms with E-state index in [1.54, 1.807) is 29.7 Å². The van der Waals surface area contributed by atoms with Crippen LogP contribution in [-0.2, 0) is 11.3 Å². The number of aromatic nitrogens is 3. The number of hydrogen-bond acceptors (Lipinski definition) is 4. The fourth-order valence-electron chi connectivity index (χ4n) is 1.88. The number of ether oxygens (including phenoxy) is 1. The number of halogens is 1. The van der Waals surface area contributed by atoms with E-state index in [0.717, 1.165) is 0 Å². The first-order valence-electron chi connectivity index (χ1n) is 6.06. The van der Waals surface area contributed by atoms with E-state index >= 15 is 0 Å². The molecule has 0 amide bonds. The summed E-state index contributed by atoms with van der Waals surface area (Å²) in [6.45, 7) is 4.50. The highest BCUT2D eigenvalue weighted by molar-refractivity contribution is 9.10. The van der Waals surface area contributed by atoms with Crippen LogP contribution in [0.25, 0.3) is 5.69 Å². The lowest BCUT2D eigenvalue weighted by atomic mass is 10.1. The van der Waals surface area contributed by atoms with E-state index in [0.29, 0.717) is 28.4 Å². The summed E-state index contributed by atoms with van der Waals surface area (Å²) in [7, 11) is 0. The summed E-state index contributed by atoms with van der Waals surface area (Å²) in [5.74, 6) is 0.190. The fraction of sp³-hybridized carbons (Fsp3) is 0.308. The van der Waals surface area contributed by atoms with Crippen LogP contribution in [0, 0.1) is 6.92 Å². The Hall–Kier alpha value is -1.73. The van der Waals surface area contributed by atoms with Crippen molar-refractivity contribution in [2.24, 2.45) is 0 Å². The summed E-state index contributed by atoms with van der Waals surface area (Å²) in [4.78, 5) is 11.4. The molecule has 0 unspecified atom stereocenters. The number of carboxylic acids is 1. The minimum Gasteiger partial charge on any atom is -0.478 e. The van der Waals surface area contributed by atoms with E-state index in [4.69, 9.17) is 4.74 Å². The van der Waals surface area contributed by atoms with Crippen molar-refractivity contribution in [3.63, 3.8) is 0 Å². The largest absolute Gasteiger partial charge is 0.478 e. The predicted molar refractivity (Wildman–Crippen MR) is 76.1 cm³/mol. The molecule has 0 aliphatic rings. The van der Waals surface area contributed by atoms with Gasteiger partial charge in [-0.15, -0.1) is 10.2 Å². The molecular formula is C13H14BrN3O3. The van der Waals surface area contributed by atoms with Crippen LogP contribution in [0.3, 0.4) is 0 Å². The second-order valence-corrected chi connectivity index (χ2v) is 5.02. The third-order valence-corrected chi connectivity index (χ3v) is 3.25. The second kappa shape index (κ2) is 6.15. The van der Waals surface area contributed by atoms with Gasteiger partial charge in [-0.3, -0.25) is 4.57 Å². The molecule has 0 spiro atoms. The first-order valence-corrected chi connectivity index (χ1v) is 6.85. The van der Waals surface area contributed by atoms with Crippen molar-refractivity contribution in [3.8, 4) is 5.69 Å². The Morgan fingerprint density at radius 3 is 2.85 bits per heavy atom. The monoisotopic (exact) mass is 339 g/mol. The third-order valence-electron chi connectivity index (χ3n) is 2.76. The summed E-state index contributed by atoms with van der Waals surface area (Å²) in [5.41, 5.74) is 0.706. The van der Waals surface area contributed by atoms with Gasteiger partial charge >= 0.3 is 5.97 Å². The van der Waals surface area contributed by atoms with Gasteiger partial charge in [-0.05, 0) is 32.0 Å². The summed E-state index contributed by atoms with van der Waals surface area (Å²) in [6.07, 6.45) is 0. The Labute approximate surface area is 124 Å². The third kappa shape index (κ3) is 2.88. The SMILES string of the molecule is CCOCc1nnc(C)n1-c1ccc(Br)cc1C(=O)O. The lowest BCUT2D eigenvalue weighted by molar-refractivity contribution is 0.0696. The molecule has 0 fully saturated rings. The Kier molecular flexibility index (Phi) is 4.51. The van der Waals surface area contributed by atoms with Gasteiger partial charge in [0.15, 0.2) is 5.82 Å². The maximum absolute atomic E-state index is 11.4. The molecule has 1 aromatic heterocycles. The molecular weight excluding hydrogens is 326 g/mol.